The molecule has 0 aromatic heterocycles. The van der Waals surface area contributed by atoms with E-state index in [0.717, 1.165) is 16.7 Å². The molecule has 2 aromatic carbocycles. The summed E-state index contributed by atoms with van der Waals surface area (Å²) in [7, 11) is -2.00. The maximum Gasteiger partial charge on any atom is 0.243 e. The van der Waals surface area contributed by atoms with Crippen LogP contribution in [0.25, 0.3) is 0 Å². The molecule has 3 rings (SSSR count). The van der Waals surface area contributed by atoms with Crippen LogP contribution < -0.4 is 4.74 Å². The third kappa shape index (κ3) is 4.04. The van der Waals surface area contributed by atoms with Gasteiger partial charge in [-0.15, -0.1) is 0 Å². The SMILES string of the molecule is COc1ccc(S(=O)(=O)N2CCN(C(C#N)c3ccc(C)cc3)CC2)cc1C. The lowest BCUT2D eigenvalue weighted by molar-refractivity contribution is 0.162. The van der Waals surface area contributed by atoms with Crippen LogP contribution in [0.4, 0.5) is 0 Å². The minimum absolute atomic E-state index is 0.273. The Balaban J connectivity index is 1.72. The molecule has 0 saturated carbocycles. The summed E-state index contributed by atoms with van der Waals surface area (Å²) in [6, 6.07) is 14.8. The number of nitriles is 1. The Bertz CT molecular complexity index is 973. The fourth-order valence-corrected chi connectivity index (χ4v) is 4.99. The molecule has 1 atom stereocenters. The number of nitrogens with zero attached hydrogens (tertiary/aromatic N) is 3. The molecule has 0 amide bonds. The molecule has 28 heavy (non-hydrogen) atoms. The van der Waals surface area contributed by atoms with Gasteiger partial charge in [0, 0.05) is 26.2 Å². The molecule has 0 radical (unpaired) electrons. The summed E-state index contributed by atoms with van der Waals surface area (Å²) in [5.41, 5.74) is 2.87. The number of sulfonamides is 1. The Hall–Kier alpha value is -2.40. The van der Waals surface area contributed by atoms with Crippen molar-refractivity contribution in [2.45, 2.75) is 24.8 Å². The monoisotopic (exact) mass is 399 g/mol. The second-order valence-corrected chi connectivity index (χ2v) is 8.95. The van der Waals surface area contributed by atoms with Crippen LogP contribution in [0.15, 0.2) is 47.4 Å². The van der Waals surface area contributed by atoms with Crippen LogP contribution in [-0.4, -0.2) is 50.9 Å². The van der Waals surface area contributed by atoms with Crippen molar-refractivity contribution in [3.8, 4) is 11.8 Å². The van der Waals surface area contributed by atoms with Gasteiger partial charge in [-0.2, -0.15) is 9.57 Å². The molecule has 2 aromatic rings. The minimum Gasteiger partial charge on any atom is -0.496 e. The number of aryl methyl sites for hydroxylation is 2. The largest absolute Gasteiger partial charge is 0.496 e. The van der Waals surface area contributed by atoms with Crippen molar-refractivity contribution in [1.82, 2.24) is 9.21 Å². The maximum atomic E-state index is 13.0. The fraction of sp³-hybridized carbons (Fsp3) is 0.381. The van der Waals surface area contributed by atoms with E-state index in [-0.39, 0.29) is 10.9 Å². The molecular weight excluding hydrogens is 374 g/mol. The predicted molar refractivity (Wildman–Crippen MR) is 108 cm³/mol. The Morgan fingerprint density at radius 3 is 2.21 bits per heavy atom. The molecule has 6 nitrogen and oxygen atoms in total. The minimum atomic E-state index is -3.57. The van der Waals surface area contributed by atoms with Gasteiger partial charge in [-0.1, -0.05) is 29.8 Å². The molecule has 0 N–H and O–H groups in total. The quantitative estimate of drug-likeness (QED) is 0.773. The van der Waals surface area contributed by atoms with Crippen LogP contribution >= 0.6 is 0 Å². The highest BCUT2D eigenvalue weighted by Gasteiger charge is 2.31. The van der Waals surface area contributed by atoms with Crippen LogP contribution in [0.3, 0.4) is 0 Å². The van der Waals surface area contributed by atoms with Gasteiger partial charge in [-0.25, -0.2) is 8.42 Å². The van der Waals surface area contributed by atoms with Gasteiger partial charge < -0.3 is 4.74 Å². The van der Waals surface area contributed by atoms with Gasteiger partial charge in [0.05, 0.1) is 18.1 Å². The number of ether oxygens (including phenoxy) is 1. The zero-order chi connectivity index (χ0) is 20.3. The molecule has 1 aliphatic heterocycles. The van der Waals surface area contributed by atoms with Crippen molar-refractivity contribution in [2.24, 2.45) is 0 Å². The normalized spacial score (nSPS) is 17.1. The Morgan fingerprint density at radius 1 is 1.04 bits per heavy atom. The first-order valence-corrected chi connectivity index (χ1v) is 10.7. The summed E-state index contributed by atoms with van der Waals surface area (Å²) in [6.07, 6.45) is 0. The molecular formula is C21H25N3O3S. The first-order valence-electron chi connectivity index (χ1n) is 9.22. The molecule has 148 valence electrons. The third-order valence-electron chi connectivity index (χ3n) is 5.16. The molecule has 0 aliphatic carbocycles. The summed E-state index contributed by atoms with van der Waals surface area (Å²) in [5, 5.41) is 9.65. The molecule has 1 fully saturated rings. The predicted octanol–water partition coefficient (Wildman–Crippen LogP) is 2.88. The molecule has 0 bridgehead atoms. The average molecular weight is 400 g/mol. The lowest BCUT2D eigenvalue weighted by atomic mass is 10.0. The molecule has 1 heterocycles. The Labute approximate surface area is 167 Å². The summed E-state index contributed by atoms with van der Waals surface area (Å²) in [5.74, 6) is 0.665. The number of rotatable bonds is 5. The summed E-state index contributed by atoms with van der Waals surface area (Å²) in [4.78, 5) is 2.31. The number of hydrogen-bond acceptors (Lipinski definition) is 5. The summed E-state index contributed by atoms with van der Waals surface area (Å²) < 4.78 is 32.7. The van der Waals surface area contributed by atoms with Crippen molar-refractivity contribution < 1.29 is 13.2 Å². The van der Waals surface area contributed by atoms with Gasteiger partial charge in [0.2, 0.25) is 10.0 Å². The van der Waals surface area contributed by atoms with Gasteiger partial charge in [0.15, 0.2) is 0 Å². The van der Waals surface area contributed by atoms with Gasteiger partial charge in [-0.3, -0.25) is 4.90 Å². The number of methoxy groups -OCH3 is 1. The molecule has 1 aliphatic rings. The highest BCUT2D eigenvalue weighted by molar-refractivity contribution is 7.89. The lowest BCUT2D eigenvalue weighted by Crippen LogP contribution is -2.49. The van der Waals surface area contributed by atoms with E-state index in [9.17, 15) is 13.7 Å². The van der Waals surface area contributed by atoms with Crippen LogP contribution in [0, 0.1) is 25.2 Å². The van der Waals surface area contributed by atoms with Gasteiger partial charge in [-0.05, 0) is 43.2 Å². The standard InChI is InChI=1S/C21H25N3O3S/c1-16-4-6-18(7-5-16)20(15-22)23-10-12-24(13-11-23)28(25,26)19-8-9-21(27-3)17(2)14-19/h4-9,14,20H,10-13H2,1-3H3. The zero-order valence-corrected chi connectivity index (χ0v) is 17.2. The summed E-state index contributed by atoms with van der Waals surface area (Å²) in [6.45, 7) is 5.58. The topological polar surface area (TPSA) is 73.6 Å². The van der Waals surface area contributed by atoms with Crippen molar-refractivity contribution in [3.05, 3.63) is 59.2 Å². The summed E-state index contributed by atoms with van der Waals surface area (Å²) >= 11 is 0. The molecule has 1 unspecified atom stereocenters. The van der Waals surface area contributed by atoms with E-state index in [2.05, 4.69) is 6.07 Å². The third-order valence-corrected chi connectivity index (χ3v) is 7.05. The van der Waals surface area contributed by atoms with E-state index < -0.39 is 10.0 Å². The van der Waals surface area contributed by atoms with Gasteiger partial charge in [0.25, 0.3) is 0 Å². The second kappa shape index (κ2) is 8.31. The Morgan fingerprint density at radius 2 is 1.68 bits per heavy atom. The van der Waals surface area contributed by atoms with E-state index in [1.54, 1.807) is 25.3 Å². The second-order valence-electron chi connectivity index (χ2n) is 7.01. The molecule has 0 spiro atoms. The van der Waals surface area contributed by atoms with Crippen LogP contribution in [0.1, 0.15) is 22.7 Å². The molecule has 7 heteroatoms. The van der Waals surface area contributed by atoms with Crippen LogP contribution in [0.2, 0.25) is 0 Å². The zero-order valence-electron chi connectivity index (χ0n) is 16.4. The number of benzene rings is 2. The molecule has 1 saturated heterocycles. The van der Waals surface area contributed by atoms with Gasteiger partial charge >= 0.3 is 0 Å². The van der Waals surface area contributed by atoms with Crippen molar-refractivity contribution in [2.75, 3.05) is 33.3 Å². The fourth-order valence-electron chi connectivity index (χ4n) is 3.48. The van der Waals surface area contributed by atoms with Crippen LogP contribution in [-0.2, 0) is 10.0 Å². The first-order chi connectivity index (χ1) is 13.4. The van der Waals surface area contributed by atoms with E-state index in [1.165, 1.54) is 4.31 Å². The maximum absolute atomic E-state index is 13.0. The Kier molecular flexibility index (Phi) is 6.04. The van der Waals surface area contributed by atoms with Gasteiger partial charge in [0.1, 0.15) is 11.8 Å². The van der Waals surface area contributed by atoms with Crippen molar-refractivity contribution >= 4 is 10.0 Å². The van der Waals surface area contributed by atoms with E-state index in [4.69, 9.17) is 4.74 Å². The number of piperazine rings is 1. The lowest BCUT2D eigenvalue weighted by Gasteiger charge is -2.36. The van der Waals surface area contributed by atoms with Crippen LogP contribution in [0.5, 0.6) is 5.75 Å². The number of hydrogen-bond donors (Lipinski definition) is 0. The van der Waals surface area contributed by atoms with E-state index in [1.807, 2.05) is 43.0 Å². The van der Waals surface area contributed by atoms with Crippen molar-refractivity contribution in [3.63, 3.8) is 0 Å². The van der Waals surface area contributed by atoms with Crippen molar-refractivity contribution in [1.29, 1.82) is 5.26 Å². The highest BCUT2D eigenvalue weighted by Crippen LogP contribution is 2.27. The van der Waals surface area contributed by atoms with E-state index >= 15 is 0 Å². The van der Waals surface area contributed by atoms with E-state index in [0.29, 0.717) is 31.9 Å². The smallest absolute Gasteiger partial charge is 0.243 e. The average Bonchev–Trinajstić information content (AvgIpc) is 2.70. The first kappa shape index (κ1) is 20.3. The highest BCUT2D eigenvalue weighted by atomic mass is 32.2.